The average Bonchev–Trinajstić information content (AvgIpc) is 2.79. The highest BCUT2D eigenvalue weighted by molar-refractivity contribution is 6.13. The minimum Gasteiger partial charge on any atom is -0.497 e. The number of aryl methyl sites for hydroxylation is 1. The second-order valence-electron chi connectivity index (χ2n) is 6.94. The monoisotopic (exact) mass is 398 g/mol. The van der Waals surface area contributed by atoms with Gasteiger partial charge in [0, 0.05) is 16.6 Å². The number of hydrogen-bond donors (Lipinski definition) is 1. The van der Waals surface area contributed by atoms with Gasteiger partial charge in [0.1, 0.15) is 11.5 Å². The molecule has 1 N–H and O–H groups in total. The molecule has 3 aromatic carbocycles. The summed E-state index contributed by atoms with van der Waals surface area (Å²) in [5, 5.41) is 3.79. The number of rotatable bonds is 5. The number of anilines is 1. The van der Waals surface area contributed by atoms with Crippen molar-refractivity contribution in [2.45, 2.75) is 6.92 Å². The van der Waals surface area contributed by atoms with Crippen molar-refractivity contribution in [3.63, 3.8) is 0 Å². The number of aromatic nitrogens is 1. The lowest BCUT2D eigenvalue weighted by Crippen LogP contribution is -2.13. The minimum atomic E-state index is -0.187. The number of ether oxygens (including phenoxy) is 2. The van der Waals surface area contributed by atoms with E-state index in [-0.39, 0.29) is 5.91 Å². The molecular weight excluding hydrogens is 376 g/mol. The third kappa shape index (κ3) is 3.82. The molecule has 5 nitrogen and oxygen atoms in total. The Morgan fingerprint density at radius 3 is 2.13 bits per heavy atom. The molecule has 0 saturated heterocycles. The largest absolute Gasteiger partial charge is 0.497 e. The first-order chi connectivity index (χ1) is 14.6. The maximum atomic E-state index is 13.2. The van der Waals surface area contributed by atoms with E-state index in [1.165, 1.54) is 0 Å². The number of para-hydroxylation sites is 1. The van der Waals surface area contributed by atoms with Crippen molar-refractivity contribution >= 4 is 22.5 Å². The van der Waals surface area contributed by atoms with Gasteiger partial charge >= 0.3 is 0 Å². The number of carbonyl (C=O) groups excluding carboxylic acids is 1. The molecule has 30 heavy (non-hydrogen) atoms. The topological polar surface area (TPSA) is 60.5 Å². The molecule has 150 valence electrons. The van der Waals surface area contributed by atoms with Crippen LogP contribution in [0.25, 0.3) is 22.2 Å². The fourth-order valence-electron chi connectivity index (χ4n) is 3.36. The van der Waals surface area contributed by atoms with Crippen molar-refractivity contribution in [1.29, 1.82) is 0 Å². The molecule has 0 aliphatic rings. The predicted octanol–water partition coefficient (Wildman–Crippen LogP) is 5.48. The molecule has 1 aromatic heterocycles. The average molecular weight is 398 g/mol. The molecule has 0 atom stereocenters. The molecule has 0 saturated carbocycles. The quantitative estimate of drug-likeness (QED) is 0.484. The van der Waals surface area contributed by atoms with Crippen LogP contribution in [-0.4, -0.2) is 25.1 Å². The molecule has 1 amide bonds. The molecule has 0 radical (unpaired) electrons. The third-order valence-electron chi connectivity index (χ3n) is 5.02. The van der Waals surface area contributed by atoms with Gasteiger partial charge in [0.25, 0.3) is 5.91 Å². The molecule has 0 unspecified atom stereocenters. The zero-order valence-electron chi connectivity index (χ0n) is 17.1. The lowest BCUT2D eigenvalue weighted by Gasteiger charge is -2.12. The summed E-state index contributed by atoms with van der Waals surface area (Å²) >= 11 is 0. The van der Waals surface area contributed by atoms with Crippen LogP contribution in [0.2, 0.25) is 0 Å². The van der Waals surface area contributed by atoms with Gasteiger partial charge in [-0.2, -0.15) is 0 Å². The Bertz CT molecular complexity index is 1200. The van der Waals surface area contributed by atoms with E-state index in [1.807, 2.05) is 79.7 Å². The van der Waals surface area contributed by atoms with Crippen molar-refractivity contribution in [2.75, 3.05) is 19.5 Å². The minimum absolute atomic E-state index is 0.187. The highest BCUT2D eigenvalue weighted by Gasteiger charge is 2.15. The van der Waals surface area contributed by atoms with E-state index in [9.17, 15) is 4.79 Å². The molecule has 0 spiro atoms. The molecule has 0 aliphatic carbocycles. The SMILES string of the molecule is COc1ccc(NC(=O)c2cc(-c3ccc(OC)cc3)nc3c(C)cccc23)cc1. The fraction of sp³-hybridized carbons (Fsp3) is 0.120. The van der Waals surface area contributed by atoms with Crippen LogP contribution in [0.3, 0.4) is 0 Å². The highest BCUT2D eigenvalue weighted by atomic mass is 16.5. The zero-order chi connectivity index (χ0) is 21.1. The van der Waals surface area contributed by atoms with Crippen LogP contribution >= 0.6 is 0 Å². The maximum absolute atomic E-state index is 13.2. The van der Waals surface area contributed by atoms with E-state index in [4.69, 9.17) is 14.5 Å². The summed E-state index contributed by atoms with van der Waals surface area (Å²) in [7, 11) is 3.24. The summed E-state index contributed by atoms with van der Waals surface area (Å²) in [6.45, 7) is 2.00. The van der Waals surface area contributed by atoms with Crippen molar-refractivity contribution < 1.29 is 14.3 Å². The van der Waals surface area contributed by atoms with Crippen LogP contribution in [-0.2, 0) is 0 Å². The van der Waals surface area contributed by atoms with Crippen molar-refractivity contribution in [1.82, 2.24) is 4.98 Å². The number of carbonyl (C=O) groups is 1. The summed E-state index contributed by atoms with van der Waals surface area (Å²) in [5.41, 5.74) is 4.75. The van der Waals surface area contributed by atoms with Gasteiger partial charge in [-0.3, -0.25) is 4.79 Å². The number of methoxy groups -OCH3 is 2. The van der Waals surface area contributed by atoms with E-state index in [0.29, 0.717) is 11.3 Å². The van der Waals surface area contributed by atoms with Crippen LogP contribution in [0.15, 0.2) is 72.8 Å². The number of benzene rings is 3. The Kier molecular flexibility index (Phi) is 5.35. The fourth-order valence-corrected chi connectivity index (χ4v) is 3.36. The van der Waals surface area contributed by atoms with Gasteiger partial charge in [-0.25, -0.2) is 4.98 Å². The van der Waals surface area contributed by atoms with Crippen LogP contribution in [0, 0.1) is 6.92 Å². The van der Waals surface area contributed by atoms with Crippen molar-refractivity contribution in [2.24, 2.45) is 0 Å². The van der Waals surface area contributed by atoms with Crippen molar-refractivity contribution in [3.05, 3.63) is 83.9 Å². The lowest BCUT2D eigenvalue weighted by molar-refractivity contribution is 0.102. The van der Waals surface area contributed by atoms with Crippen LogP contribution in [0.4, 0.5) is 5.69 Å². The molecular formula is C25H22N2O3. The van der Waals surface area contributed by atoms with Crippen LogP contribution in [0.1, 0.15) is 15.9 Å². The molecule has 4 rings (SSSR count). The molecule has 5 heteroatoms. The normalized spacial score (nSPS) is 10.6. The molecule has 1 heterocycles. The van der Waals surface area contributed by atoms with E-state index in [0.717, 1.165) is 39.2 Å². The van der Waals surface area contributed by atoms with Gasteiger partial charge in [0.15, 0.2) is 0 Å². The lowest BCUT2D eigenvalue weighted by atomic mass is 10.0. The summed E-state index contributed by atoms with van der Waals surface area (Å²) in [5.74, 6) is 1.32. The van der Waals surface area contributed by atoms with Crippen LogP contribution in [0.5, 0.6) is 11.5 Å². The van der Waals surface area contributed by atoms with E-state index in [1.54, 1.807) is 14.2 Å². The number of pyridine rings is 1. The van der Waals surface area contributed by atoms with E-state index < -0.39 is 0 Å². The molecule has 4 aromatic rings. The summed E-state index contributed by atoms with van der Waals surface area (Å²) in [6, 6.07) is 22.6. The van der Waals surface area contributed by atoms with Crippen LogP contribution < -0.4 is 14.8 Å². The standard InChI is InChI=1S/C25H22N2O3/c1-16-5-4-6-21-22(25(28)26-18-9-13-20(30-3)14-10-18)15-23(27-24(16)21)17-7-11-19(29-2)12-8-17/h4-15H,1-3H3,(H,26,28). The third-order valence-corrected chi connectivity index (χ3v) is 5.02. The maximum Gasteiger partial charge on any atom is 0.256 e. The Balaban J connectivity index is 1.78. The Morgan fingerprint density at radius 1 is 0.867 bits per heavy atom. The number of fused-ring (bicyclic) bond motifs is 1. The second kappa shape index (κ2) is 8.25. The summed E-state index contributed by atoms with van der Waals surface area (Å²) in [4.78, 5) is 18.0. The Labute approximate surface area is 175 Å². The smallest absolute Gasteiger partial charge is 0.256 e. The van der Waals surface area contributed by atoms with E-state index in [2.05, 4.69) is 5.32 Å². The first kappa shape index (κ1) is 19.5. The van der Waals surface area contributed by atoms with Gasteiger partial charge in [-0.1, -0.05) is 18.2 Å². The van der Waals surface area contributed by atoms with Gasteiger partial charge < -0.3 is 14.8 Å². The van der Waals surface area contributed by atoms with Gasteiger partial charge in [-0.05, 0) is 67.1 Å². The van der Waals surface area contributed by atoms with Gasteiger partial charge in [-0.15, -0.1) is 0 Å². The first-order valence-electron chi connectivity index (χ1n) is 9.59. The number of nitrogens with one attached hydrogen (secondary N) is 1. The Morgan fingerprint density at radius 2 is 1.50 bits per heavy atom. The first-order valence-corrected chi connectivity index (χ1v) is 9.59. The predicted molar refractivity (Wildman–Crippen MR) is 119 cm³/mol. The summed E-state index contributed by atoms with van der Waals surface area (Å²) in [6.07, 6.45) is 0. The van der Waals surface area contributed by atoms with Gasteiger partial charge in [0.2, 0.25) is 0 Å². The molecule has 0 bridgehead atoms. The van der Waals surface area contributed by atoms with Crippen molar-refractivity contribution in [3.8, 4) is 22.8 Å². The zero-order valence-corrected chi connectivity index (χ0v) is 17.1. The Hall–Kier alpha value is -3.86. The highest BCUT2D eigenvalue weighted by Crippen LogP contribution is 2.28. The summed E-state index contributed by atoms with van der Waals surface area (Å²) < 4.78 is 10.4. The molecule has 0 aliphatic heterocycles. The molecule has 0 fully saturated rings. The van der Waals surface area contributed by atoms with Gasteiger partial charge in [0.05, 0.1) is 31.0 Å². The second-order valence-corrected chi connectivity index (χ2v) is 6.94. The number of amides is 1. The number of hydrogen-bond acceptors (Lipinski definition) is 4. The number of nitrogens with zero attached hydrogens (tertiary/aromatic N) is 1. The van der Waals surface area contributed by atoms with E-state index >= 15 is 0 Å².